The minimum absolute atomic E-state index is 0.0487. The van der Waals surface area contributed by atoms with Crippen molar-refractivity contribution < 1.29 is 85.2 Å². The first-order valence-electron chi connectivity index (χ1n) is 22.9. The van der Waals surface area contributed by atoms with Gasteiger partial charge in [0.1, 0.15) is 36.3 Å². The molecule has 1 aliphatic rings. The fourth-order valence-corrected chi connectivity index (χ4v) is 7.36. The summed E-state index contributed by atoms with van der Waals surface area (Å²) in [5.74, 6) is -7.32. The molecule has 2 amide bonds. The molecule has 20 nitrogen and oxygen atoms in total. The standard InChI is InChI=1S/C44H64F6N8O12/c1-5-6-7-8-9-55(25-34(60)38(63)39(64)35(61)26-59)22-29-23-57(54-53-29)12-13-67-14-15-68-16-17-69-40(65)37-33-24-56(10-11-58(33)41(52-37)44(48,49)50)36(62)20-28(51-42(66)70-43(2,3)4)18-27-19-31(46)32(47)21-30(27)45/h19,21,23,28,34-35,38-39,59-61,63-64H,5-18,20,22,24-26H2,1-4H3,(H,51,66)/t28-,34+,35-,38-,39-/m1/s1. The molecule has 4 rings (SSSR count). The molecule has 70 heavy (non-hydrogen) atoms. The molecule has 6 N–H and O–H groups in total. The molecular weight excluding hydrogens is 947 g/mol. The maximum Gasteiger partial charge on any atom is 0.449 e. The molecule has 0 fully saturated rings. The van der Waals surface area contributed by atoms with Gasteiger partial charge in [-0.1, -0.05) is 31.4 Å². The molecule has 0 bridgehead atoms. The van der Waals surface area contributed by atoms with E-state index in [1.807, 2.05) is 4.90 Å². The van der Waals surface area contributed by atoms with Crippen molar-refractivity contribution >= 4 is 18.0 Å². The number of aliphatic hydroxyl groups is 5. The lowest BCUT2D eigenvalue weighted by Gasteiger charge is -2.31. The van der Waals surface area contributed by atoms with E-state index in [0.717, 1.165) is 35.2 Å². The van der Waals surface area contributed by atoms with Crippen molar-refractivity contribution in [2.45, 2.75) is 135 Å². The lowest BCUT2D eigenvalue weighted by atomic mass is 10.0. The van der Waals surface area contributed by atoms with Crippen molar-refractivity contribution in [2.24, 2.45) is 0 Å². The average Bonchev–Trinajstić information content (AvgIpc) is 3.91. The number of unbranched alkanes of at least 4 members (excludes halogenated alkanes) is 3. The predicted octanol–water partition coefficient (Wildman–Crippen LogP) is 2.49. The molecule has 3 aromatic rings. The maximum atomic E-state index is 14.6. The fourth-order valence-electron chi connectivity index (χ4n) is 7.36. The summed E-state index contributed by atoms with van der Waals surface area (Å²) in [7, 11) is 0. The van der Waals surface area contributed by atoms with Crippen LogP contribution in [-0.4, -0.2) is 173 Å². The Hall–Kier alpha value is -4.96. The van der Waals surface area contributed by atoms with Gasteiger partial charge in [0.25, 0.3) is 0 Å². The number of aromatic nitrogens is 5. The number of esters is 1. The van der Waals surface area contributed by atoms with Crippen LogP contribution in [0.5, 0.6) is 0 Å². The van der Waals surface area contributed by atoms with E-state index in [-0.39, 0.29) is 63.9 Å². The number of alkyl halides is 3. The normalized spacial score (nSPS) is 15.3. The number of halogens is 6. The van der Waals surface area contributed by atoms with Crippen molar-refractivity contribution in [3.8, 4) is 0 Å². The zero-order chi connectivity index (χ0) is 51.8. The molecule has 0 radical (unpaired) electrons. The van der Waals surface area contributed by atoms with Gasteiger partial charge < -0.3 is 59.3 Å². The van der Waals surface area contributed by atoms with E-state index in [4.69, 9.17) is 24.1 Å². The summed E-state index contributed by atoms with van der Waals surface area (Å²) in [6.45, 7) is 5.56. The highest BCUT2D eigenvalue weighted by atomic mass is 19.4. The molecular formula is C44H64F6N8O12. The zero-order valence-corrected chi connectivity index (χ0v) is 39.5. The van der Waals surface area contributed by atoms with Gasteiger partial charge in [0.2, 0.25) is 11.7 Å². The summed E-state index contributed by atoms with van der Waals surface area (Å²) >= 11 is 0. The number of hydrogen-bond acceptors (Lipinski definition) is 16. The van der Waals surface area contributed by atoms with Crippen LogP contribution in [0.25, 0.3) is 0 Å². The topological polar surface area (TPSA) is 256 Å². The fraction of sp³-hybridized carbons (Fsp3) is 0.682. The molecule has 0 unspecified atom stereocenters. The summed E-state index contributed by atoms with van der Waals surface area (Å²) < 4.78 is 108. The first kappa shape index (κ1) is 57.6. The second-order valence-corrected chi connectivity index (χ2v) is 17.7. The Labute approximate surface area is 400 Å². The van der Waals surface area contributed by atoms with E-state index in [2.05, 4.69) is 27.5 Å². The van der Waals surface area contributed by atoms with Crippen LogP contribution < -0.4 is 5.32 Å². The Morgan fingerprint density at radius 1 is 0.886 bits per heavy atom. The van der Waals surface area contributed by atoms with Gasteiger partial charge in [-0.15, -0.1) is 5.10 Å². The molecule has 3 heterocycles. The largest absolute Gasteiger partial charge is 0.458 e. The van der Waals surface area contributed by atoms with Gasteiger partial charge in [-0.25, -0.2) is 32.4 Å². The summed E-state index contributed by atoms with van der Waals surface area (Å²) in [5, 5.41) is 60.4. The van der Waals surface area contributed by atoms with E-state index >= 15 is 0 Å². The first-order valence-corrected chi connectivity index (χ1v) is 22.9. The molecule has 0 aliphatic carbocycles. The Kier molecular flexibility index (Phi) is 22.2. The highest BCUT2D eigenvalue weighted by Gasteiger charge is 2.42. The minimum atomic E-state index is -4.99. The predicted molar refractivity (Wildman–Crippen MR) is 233 cm³/mol. The van der Waals surface area contributed by atoms with Crippen LogP contribution in [0, 0.1) is 17.5 Å². The molecule has 5 atom stereocenters. The summed E-state index contributed by atoms with van der Waals surface area (Å²) in [6, 6.07) is -0.357. The van der Waals surface area contributed by atoms with Crippen molar-refractivity contribution in [3.63, 3.8) is 0 Å². The van der Waals surface area contributed by atoms with Crippen molar-refractivity contribution in [1.29, 1.82) is 0 Å². The molecule has 0 saturated heterocycles. The number of benzene rings is 1. The van der Waals surface area contributed by atoms with Crippen LogP contribution in [0.4, 0.5) is 31.1 Å². The highest BCUT2D eigenvalue weighted by Crippen LogP contribution is 2.33. The zero-order valence-electron chi connectivity index (χ0n) is 39.5. The van der Waals surface area contributed by atoms with Crippen LogP contribution in [0.3, 0.4) is 0 Å². The molecule has 1 aromatic carbocycles. The number of ether oxygens (including phenoxy) is 4. The van der Waals surface area contributed by atoms with Gasteiger partial charge in [0.05, 0.1) is 63.6 Å². The molecule has 394 valence electrons. The lowest BCUT2D eigenvalue weighted by molar-refractivity contribution is -0.148. The molecule has 2 aromatic heterocycles. The number of nitrogens with one attached hydrogen (secondary N) is 1. The van der Waals surface area contributed by atoms with Crippen molar-refractivity contribution in [2.75, 3.05) is 59.3 Å². The van der Waals surface area contributed by atoms with E-state index in [1.54, 1.807) is 27.0 Å². The SMILES string of the molecule is CCCCCCN(Cc1cn(CCOCCOCCOC(=O)c2nc(C(F)(F)F)n3c2CN(C(=O)C[C@@H](Cc2cc(F)c(F)cc2F)NC(=O)OC(C)(C)C)CC3)nn1)C[C@H](O)[C@@H](O)[C@H](O)[C@H](O)CO. The van der Waals surface area contributed by atoms with Crippen LogP contribution in [0.1, 0.15) is 93.1 Å². The maximum absolute atomic E-state index is 14.6. The Morgan fingerprint density at radius 2 is 1.56 bits per heavy atom. The summed E-state index contributed by atoms with van der Waals surface area (Å²) in [5.41, 5.74) is -1.77. The Balaban J connectivity index is 1.26. The van der Waals surface area contributed by atoms with Gasteiger partial charge in [0, 0.05) is 50.9 Å². The third-order valence-corrected chi connectivity index (χ3v) is 10.9. The third-order valence-electron chi connectivity index (χ3n) is 10.9. The number of aliphatic hydroxyl groups excluding tert-OH is 5. The van der Waals surface area contributed by atoms with Crippen LogP contribution in [-0.2, 0) is 62.5 Å². The van der Waals surface area contributed by atoms with Gasteiger partial charge in [-0.3, -0.25) is 9.69 Å². The number of alkyl carbamates (subject to hydrolysis) is 1. The number of rotatable bonds is 28. The monoisotopic (exact) mass is 1010 g/mol. The smallest absolute Gasteiger partial charge is 0.449 e. The van der Waals surface area contributed by atoms with Gasteiger partial charge in [-0.2, -0.15) is 13.2 Å². The number of nitrogens with zero attached hydrogens (tertiary/aromatic N) is 7. The van der Waals surface area contributed by atoms with Gasteiger partial charge in [0.15, 0.2) is 17.3 Å². The van der Waals surface area contributed by atoms with Crippen LogP contribution >= 0.6 is 0 Å². The third kappa shape index (κ3) is 18.0. The van der Waals surface area contributed by atoms with E-state index in [0.29, 0.717) is 30.9 Å². The average molecular weight is 1010 g/mol. The summed E-state index contributed by atoms with van der Waals surface area (Å²) in [4.78, 5) is 45.9. The van der Waals surface area contributed by atoms with E-state index in [9.17, 15) is 61.2 Å². The van der Waals surface area contributed by atoms with Crippen molar-refractivity contribution in [1.82, 2.24) is 39.7 Å². The number of imidazole rings is 1. The van der Waals surface area contributed by atoms with E-state index < -0.39 is 122 Å². The minimum Gasteiger partial charge on any atom is -0.458 e. The molecule has 26 heteroatoms. The van der Waals surface area contributed by atoms with Crippen LogP contribution in [0.15, 0.2) is 18.3 Å². The highest BCUT2D eigenvalue weighted by molar-refractivity contribution is 5.89. The van der Waals surface area contributed by atoms with E-state index in [1.165, 1.54) is 4.68 Å². The number of fused-ring (bicyclic) bond motifs is 1. The quantitative estimate of drug-likeness (QED) is 0.0264. The second kappa shape index (κ2) is 27.0. The first-order chi connectivity index (χ1) is 33.0. The van der Waals surface area contributed by atoms with Crippen molar-refractivity contribution in [3.05, 3.63) is 64.3 Å². The number of hydrogen-bond donors (Lipinski definition) is 6. The number of carbonyl (C=O) groups excluding carboxylic acids is 3. The second-order valence-electron chi connectivity index (χ2n) is 17.7. The van der Waals surface area contributed by atoms with Gasteiger partial charge in [-0.05, 0) is 51.8 Å². The lowest BCUT2D eigenvalue weighted by Crippen LogP contribution is -2.49. The van der Waals surface area contributed by atoms with Crippen LogP contribution in [0.2, 0.25) is 0 Å². The number of carbonyl (C=O) groups is 3. The van der Waals surface area contributed by atoms with Gasteiger partial charge >= 0.3 is 18.2 Å². The number of amides is 2. The molecule has 1 aliphatic heterocycles. The summed E-state index contributed by atoms with van der Waals surface area (Å²) in [6.07, 6.45) is -8.14. The molecule has 0 spiro atoms. The Morgan fingerprint density at radius 3 is 2.23 bits per heavy atom. The molecule has 0 saturated carbocycles. The Bertz CT molecular complexity index is 2140.